The molecular formula is C11H17N3O2. The number of hydrogen-bond donors (Lipinski definition) is 1. The van der Waals surface area contributed by atoms with E-state index < -0.39 is 5.69 Å². The number of aromatic nitrogens is 2. The van der Waals surface area contributed by atoms with E-state index in [1.54, 1.807) is 12.3 Å². The summed E-state index contributed by atoms with van der Waals surface area (Å²) >= 11 is 0. The van der Waals surface area contributed by atoms with Gasteiger partial charge in [0.15, 0.2) is 0 Å². The van der Waals surface area contributed by atoms with Crippen molar-refractivity contribution in [1.29, 1.82) is 0 Å². The van der Waals surface area contributed by atoms with Crippen molar-refractivity contribution in [2.45, 2.75) is 39.3 Å². The van der Waals surface area contributed by atoms with Crippen molar-refractivity contribution in [3.63, 3.8) is 0 Å². The van der Waals surface area contributed by atoms with Crippen LogP contribution in [0.4, 0.5) is 0 Å². The zero-order valence-corrected chi connectivity index (χ0v) is 9.64. The molecule has 0 fully saturated rings. The van der Waals surface area contributed by atoms with Crippen LogP contribution in [0.2, 0.25) is 0 Å². The van der Waals surface area contributed by atoms with E-state index in [-0.39, 0.29) is 18.5 Å². The molecule has 1 N–H and O–H groups in total. The van der Waals surface area contributed by atoms with Crippen molar-refractivity contribution in [2.75, 3.05) is 0 Å². The number of carbonyl (C=O) groups excluding carboxylic acids is 1. The van der Waals surface area contributed by atoms with E-state index in [0.29, 0.717) is 0 Å². The van der Waals surface area contributed by atoms with Gasteiger partial charge in [-0.15, -0.1) is 0 Å². The third-order valence-corrected chi connectivity index (χ3v) is 2.45. The van der Waals surface area contributed by atoms with Gasteiger partial charge < -0.3 is 5.32 Å². The lowest BCUT2D eigenvalue weighted by Crippen LogP contribution is -2.38. The van der Waals surface area contributed by atoms with E-state index >= 15 is 0 Å². The number of hydrogen-bond acceptors (Lipinski definition) is 3. The summed E-state index contributed by atoms with van der Waals surface area (Å²) in [5.74, 6) is -0.149. The zero-order chi connectivity index (χ0) is 12.0. The first kappa shape index (κ1) is 12.4. The minimum absolute atomic E-state index is 0.0309. The Balaban J connectivity index is 2.58. The lowest BCUT2D eigenvalue weighted by molar-refractivity contribution is -0.122. The number of nitrogens with one attached hydrogen (secondary N) is 1. The van der Waals surface area contributed by atoms with Gasteiger partial charge in [0.05, 0.1) is 0 Å². The molecule has 5 heteroatoms. The van der Waals surface area contributed by atoms with Gasteiger partial charge in [-0.05, 0) is 18.9 Å². The Kier molecular flexibility index (Phi) is 4.69. The Hall–Kier alpha value is -1.65. The summed E-state index contributed by atoms with van der Waals surface area (Å²) in [4.78, 5) is 26.4. The average Bonchev–Trinajstić information content (AvgIpc) is 2.29. The summed E-state index contributed by atoms with van der Waals surface area (Å²) < 4.78 is 1.29. The largest absolute Gasteiger partial charge is 0.352 e. The highest BCUT2D eigenvalue weighted by Gasteiger charge is 2.09. The first-order chi connectivity index (χ1) is 7.67. The molecule has 0 bridgehead atoms. The molecular weight excluding hydrogens is 206 g/mol. The Morgan fingerprint density at radius 3 is 2.75 bits per heavy atom. The third-order valence-electron chi connectivity index (χ3n) is 2.45. The molecule has 0 saturated heterocycles. The van der Waals surface area contributed by atoms with E-state index in [1.165, 1.54) is 10.8 Å². The maximum absolute atomic E-state index is 11.6. The molecule has 16 heavy (non-hydrogen) atoms. The minimum Gasteiger partial charge on any atom is -0.352 e. The van der Waals surface area contributed by atoms with E-state index in [9.17, 15) is 9.59 Å². The van der Waals surface area contributed by atoms with Crippen molar-refractivity contribution < 1.29 is 4.79 Å². The molecule has 88 valence electrons. The van der Waals surface area contributed by atoms with Gasteiger partial charge in [0.25, 0.3) is 0 Å². The molecule has 5 nitrogen and oxygen atoms in total. The van der Waals surface area contributed by atoms with Gasteiger partial charge >= 0.3 is 5.69 Å². The second-order valence-corrected chi connectivity index (χ2v) is 3.61. The number of rotatable bonds is 5. The molecule has 0 aliphatic carbocycles. The third kappa shape index (κ3) is 3.49. The number of nitrogens with zero attached hydrogens (tertiary/aromatic N) is 2. The summed E-state index contributed by atoms with van der Waals surface area (Å²) in [6.07, 6.45) is 4.76. The van der Waals surface area contributed by atoms with Gasteiger partial charge in [0.2, 0.25) is 5.91 Å². The highest BCUT2D eigenvalue weighted by molar-refractivity contribution is 5.75. The smallest absolute Gasteiger partial charge is 0.347 e. The number of carbonyl (C=O) groups is 1. The van der Waals surface area contributed by atoms with Gasteiger partial charge in [-0.2, -0.15) is 0 Å². The Morgan fingerprint density at radius 2 is 2.19 bits per heavy atom. The molecule has 1 rings (SSSR count). The Labute approximate surface area is 94.5 Å². The Morgan fingerprint density at radius 1 is 1.50 bits per heavy atom. The van der Waals surface area contributed by atoms with Crippen LogP contribution < -0.4 is 11.0 Å². The second kappa shape index (κ2) is 6.05. The molecule has 1 aromatic rings. The highest BCUT2D eigenvalue weighted by Crippen LogP contribution is 1.95. The second-order valence-electron chi connectivity index (χ2n) is 3.61. The van der Waals surface area contributed by atoms with Crippen LogP contribution in [0, 0.1) is 0 Å². The van der Waals surface area contributed by atoms with E-state index in [1.807, 2.05) is 13.8 Å². The first-order valence-electron chi connectivity index (χ1n) is 5.48. The summed E-state index contributed by atoms with van der Waals surface area (Å²) in [5, 5.41) is 2.87. The van der Waals surface area contributed by atoms with Crippen molar-refractivity contribution >= 4 is 5.91 Å². The molecule has 0 spiro atoms. The first-order valence-corrected chi connectivity index (χ1v) is 5.48. The predicted molar refractivity (Wildman–Crippen MR) is 61.0 cm³/mol. The van der Waals surface area contributed by atoms with Crippen LogP contribution in [0.3, 0.4) is 0 Å². The fourth-order valence-electron chi connectivity index (χ4n) is 1.43. The lowest BCUT2D eigenvalue weighted by Gasteiger charge is -2.14. The summed E-state index contributed by atoms with van der Waals surface area (Å²) in [7, 11) is 0. The fourth-order valence-corrected chi connectivity index (χ4v) is 1.43. The topological polar surface area (TPSA) is 64.0 Å². The van der Waals surface area contributed by atoms with Gasteiger partial charge in [-0.25, -0.2) is 9.78 Å². The van der Waals surface area contributed by atoms with Crippen molar-refractivity contribution in [3.05, 3.63) is 28.9 Å². The number of amides is 1. The molecule has 0 aliphatic rings. The van der Waals surface area contributed by atoms with Crippen molar-refractivity contribution in [1.82, 2.24) is 14.9 Å². The molecule has 0 radical (unpaired) electrons. The standard InChI is InChI=1S/C11H17N3O2/c1-3-9(4-2)13-10(15)8-14-7-5-6-12-11(14)16/h5-7,9H,3-4,8H2,1-2H3,(H,13,15). The average molecular weight is 223 g/mol. The van der Waals surface area contributed by atoms with Gasteiger partial charge in [0.1, 0.15) is 6.54 Å². The monoisotopic (exact) mass is 223 g/mol. The quantitative estimate of drug-likeness (QED) is 0.792. The normalized spacial score (nSPS) is 10.4. The lowest BCUT2D eigenvalue weighted by atomic mass is 10.2. The predicted octanol–water partition coefficient (Wildman–Crippen LogP) is 0.548. The van der Waals surface area contributed by atoms with Crippen LogP contribution >= 0.6 is 0 Å². The summed E-state index contributed by atoms with van der Waals surface area (Å²) in [6.45, 7) is 4.07. The maximum atomic E-state index is 11.6. The summed E-state index contributed by atoms with van der Waals surface area (Å²) in [6, 6.07) is 1.81. The van der Waals surface area contributed by atoms with Gasteiger partial charge in [-0.1, -0.05) is 13.8 Å². The van der Waals surface area contributed by atoms with E-state index in [2.05, 4.69) is 10.3 Å². The summed E-state index contributed by atoms with van der Waals surface area (Å²) in [5.41, 5.74) is -0.401. The Bertz CT molecular complexity index is 396. The van der Waals surface area contributed by atoms with E-state index in [0.717, 1.165) is 12.8 Å². The SMILES string of the molecule is CCC(CC)NC(=O)Cn1cccnc1=O. The fraction of sp³-hybridized carbons (Fsp3) is 0.545. The van der Waals surface area contributed by atoms with E-state index in [4.69, 9.17) is 0 Å². The molecule has 1 aromatic heterocycles. The minimum atomic E-state index is -0.401. The van der Waals surface area contributed by atoms with Crippen LogP contribution in [0.1, 0.15) is 26.7 Å². The van der Waals surface area contributed by atoms with Gasteiger partial charge in [0, 0.05) is 18.4 Å². The molecule has 1 heterocycles. The van der Waals surface area contributed by atoms with Crippen molar-refractivity contribution in [2.24, 2.45) is 0 Å². The van der Waals surface area contributed by atoms with Crippen LogP contribution in [0.25, 0.3) is 0 Å². The molecule has 0 atom stereocenters. The highest BCUT2D eigenvalue weighted by atomic mass is 16.2. The molecule has 0 unspecified atom stereocenters. The molecule has 0 saturated carbocycles. The zero-order valence-electron chi connectivity index (χ0n) is 9.64. The van der Waals surface area contributed by atoms with Gasteiger partial charge in [-0.3, -0.25) is 9.36 Å². The molecule has 1 amide bonds. The van der Waals surface area contributed by atoms with Crippen LogP contribution in [-0.4, -0.2) is 21.5 Å². The molecule has 0 aliphatic heterocycles. The maximum Gasteiger partial charge on any atom is 0.347 e. The van der Waals surface area contributed by atoms with Crippen LogP contribution in [-0.2, 0) is 11.3 Å². The van der Waals surface area contributed by atoms with Crippen LogP contribution in [0.5, 0.6) is 0 Å². The van der Waals surface area contributed by atoms with Crippen molar-refractivity contribution in [3.8, 4) is 0 Å². The van der Waals surface area contributed by atoms with Crippen LogP contribution in [0.15, 0.2) is 23.3 Å². The molecule has 0 aromatic carbocycles.